The van der Waals surface area contributed by atoms with Gasteiger partial charge in [-0.1, -0.05) is 18.9 Å². The quantitative estimate of drug-likeness (QED) is 0.378. The van der Waals surface area contributed by atoms with Crippen molar-refractivity contribution in [2.75, 3.05) is 11.9 Å². The van der Waals surface area contributed by atoms with Crippen LogP contribution in [0, 0.1) is 11.7 Å². The van der Waals surface area contributed by atoms with E-state index in [4.69, 9.17) is 4.74 Å². The standard InChI is InChI=1S/C31H41FN4O5S/c1-29(2,3)41-28(39)36-19-23(37)18-26(36)27(38)34-25-17-22(9-10-24(25)32)31(14-11-20-7-8-20,21-12-15-33-16-13-21)35-42(40)30(4,5)6/h9-10,12-13,15-17,20,26,35H,7-8,11,14,18-19H2,1-6H3,(H,34,38)/t26-,31?,42?/m1/s1. The molecule has 4 rings (SSSR count). The number of carbonyl (C=O) groups is 3. The van der Waals surface area contributed by atoms with Crippen LogP contribution < -0.4 is 10.0 Å². The van der Waals surface area contributed by atoms with Gasteiger partial charge in [-0.15, -0.1) is 4.72 Å². The molecule has 1 saturated carbocycles. The maximum Gasteiger partial charge on any atom is 0.411 e. The normalized spacial score (nSPS) is 19.8. The Bertz CT molecular complexity index is 1310. The molecule has 2 amide bonds. The Labute approximate surface area is 250 Å². The second-order valence-corrected chi connectivity index (χ2v) is 15.1. The van der Waals surface area contributed by atoms with Gasteiger partial charge in [0.2, 0.25) is 5.91 Å². The van der Waals surface area contributed by atoms with E-state index in [1.807, 2.05) is 32.9 Å². The van der Waals surface area contributed by atoms with E-state index in [-0.39, 0.29) is 24.4 Å². The van der Waals surface area contributed by atoms with Crippen molar-refractivity contribution in [1.82, 2.24) is 14.6 Å². The molecule has 11 heteroatoms. The third-order valence-corrected chi connectivity index (χ3v) is 9.06. The molecule has 2 N–H and O–H groups in total. The fraction of sp³-hybridized carbons (Fsp3) is 0.548. The lowest BCUT2D eigenvalue weighted by molar-refractivity contribution is -0.121. The Balaban J connectivity index is 1.70. The lowest BCUT2D eigenvalue weighted by Gasteiger charge is -2.39. The first kappa shape index (κ1) is 31.9. The number of hydrogen-bond donors (Lipinski definition) is 2. The van der Waals surface area contributed by atoms with Crippen molar-refractivity contribution in [3.63, 3.8) is 0 Å². The lowest BCUT2D eigenvalue weighted by Crippen LogP contribution is -2.52. The molecule has 0 bridgehead atoms. The van der Waals surface area contributed by atoms with Crippen LogP contribution in [-0.4, -0.2) is 55.2 Å². The Hall–Kier alpha value is -3.02. The van der Waals surface area contributed by atoms with Crippen LogP contribution in [0.3, 0.4) is 0 Å². The molecule has 2 unspecified atom stereocenters. The number of halogens is 1. The van der Waals surface area contributed by atoms with Crippen LogP contribution in [0.1, 0.15) is 84.8 Å². The maximum atomic E-state index is 15.3. The monoisotopic (exact) mass is 600 g/mol. The number of ether oxygens (including phenoxy) is 1. The average Bonchev–Trinajstić information content (AvgIpc) is 3.65. The van der Waals surface area contributed by atoms with Crippen molar-refractivity contribution in [1.29, 1.82) is 0 Å². The van der Waals surface area contributed by atoms with Gasteiger partial charge in [0, 0.05) is 30.2 Å². The van der Waals surface area contributed by atoms with Gasteiger partial charge in [0.25, 0.3) is 0 Å². The minimum atomic E-state index is -1.50. The van der Waals surface area contributed by atoms with Gasteiger partial charge in [0.15, 0.2) is 5.78 Å². The summed E-state index contributed by atoms with van der Waals surface area (Å²) >= 11 is -1.50. The smallest absolute Gasteiger partial charge is 0.411 e. The molecular formula is C31H41FN4O5S. The van der Waals surface area contributed by atoms with Crippen molar-refractivity contribution < 1.29 is 28.1 Å². The molecule has 3 atom stereocenters. The molecular weight excluding hydrogens is 559 g/mol. The number of carbonyl (C=O) groups excluding carboxylic acids is 3. The van der Waals surface area contributed by atoms with E-state index in [0.717, 1.165) is 29.7 Å². The van der Waals surface area contributed by atoms with Gasteiger partial charge in [0.05, 0.1) is 12.2 Å². The molecule has 2 fully saturated rings. The van der Waals surface area contributed by atoms with Crippen molar-refractivity contribution in [2.45, 2.75) is 95.6 Å². The molecule has 0 spiro atoms. The van der Waals surface area contributed by atoms with Gasteiger partial charge in [-0.2, -0.15) is 0 Å². The summed E-state index contributed by atoms with van der Waals surface area (Å²) in [6.45, 7) is 10.5. The van der Waals surface area contributed by atoms with Crippen LogP contribution in [0.25, 0.3) is 0 Å². The molecule has 2 heterocycles. The zero-order valence-corrected chi connectivity index (χ0v) is 26.0. The van der Waals surface area contributed by atoms with Gasteiger partial charge in [-0.3, -0.25) is 19.5 Å². The molecule has 0 radical (unpaired) electrons. The van der Waals surface area contributed by atoms with E-state index >= 15 is 4.39 Å². The predicted molar refractivity (Wildman–Crippen MR) is 159 cm³/mol. The Kier molecular flexibility index (Phi) is 9.34. The van der Waals surface area contributed by atoms with Gasteiger partial charge < -0.3 is 14.6 Å². The molecule has 2 aliphatic rings. The van der Waals surface area contributed by atoms with Crippen molar-refractivity contribution in [3.05, 3.63) is 59.7 Å². The van der Waals surface area contributed by atoms with Crippen LogP contribution in [0.5, 0.6) is 0 Å². The molecule has 228 valence electrons. The fourth-order valence-corrected chi connectivity index (χ4v) is 5.90. The first-order valence-corrected chi connectivity index (χ1v) is 15.5. The number of Topliss-reactive ketones (excluding diaryl/α,β-unsaturated/α-hetero) is 1. The Morgan fingerprint density at radius 3 is 2.36 bits per heavy atom. The summed E-state index contributed by atoms with van der Waals surface area (Å²) in [5, 5.41) is 2.61. The Morgan fingerprint density at radius 2 is 1.76 bits per heavy atom. The van der Waals surface area contributed by atoms with E-state index in [1.165, 1.54) is 6.07 Å². The molecule has 1 aromatic heterocycles. The summed E-state index contributed by atoms with van der Waals surface area (Å²) in [6.07, 6.45) is 6.07. The van der Waals surface area contributed by atoms with Crippen LogP contribution in [0.15, 0.2) is 42.7 Å². The van der Waals surface area contributed by atoms with Gasteiger partial charge in [-0.25, -0.2) is 9.18 Å². The molecule has 42 heavy (non-hydrogen) atoms. The SMILES string of the molecule is CC(C)(C)OC(=O)N1CC(=O)C[C@@H]1C(=O)Nc1cc(C(CCC2CC2)(N[S+]([O-])C(C)(C)C)c2ccncc2)ccc1F. The van der Waals surface area contributed by atoms with Crippen LogP contribution in [0.4, 0.5) is 14.9 Å². The highest BCUT2D eigenvalue weighted by molar-refractivity contribution is 7.90. The number of aromatic nitrogens is 1. The van der Waals surface area contributed by atoms with E-state index < -0.39 is 51.1 Å². The van der Waals surface area contributed by atoms with Crippen molar-refractivity contribution in [3.8, 4) is 0 Å². The van der Waals surface area contributed by atoms with Gasteiger partial charge in [0.1, 0.15) is 27.7 Å². The highest BCUT2D eigenvalue weighted by Crippen LogP contribution is 2.43. The number of anilines is 1. The second-order valence-electron chi connectivity index (χ2n) is 13.2. The second kappa shape index (κ2) is 12.3. The van der Waals surface area contributed by atoms with E-state index in [2.05, 4.69) is 15.0 Å². The third kappa shape index (κ3) is 7.67. The molecule has 1 aromatic carbocycles. The molecule has 1 aliphatic heterocycles. The largest absolute Gasteiger partial charge is 0.598 e. The fourth-order valence-electron chi connectivity index (χ4n) is 4.94. The first-order valence-electron chi connectivity index (χ1n) is 14.3. The number of pyridine rings is 1. The highest BCUT2D eigenvalue weighted by Gasteiger charge is 2.44. The number of ketones is 1. The minimum Gasteiger partial charge on any atom is -0.598 e. The van der Waals surface area contributed by atoms with Crippen LogP contribution in [-0.2, 0) is 31.2 Å². The summed E-state index contributed by atoms with van der Waals surface area (Å²) < 4.78 is 37.0. The Morgan fingerprint density at radius 1 is 1.10 bits per heavy atom. The van der Waals surface area contributed by atoms with Crippen molar-refractivity contribution in [2.24, 2.45) is 5.92 Å². The zero-order chi connectivity index (χ0) is 30.9. The summed E-state index contributed by atoms with van der Waals surface area (Å²) in [4.78, 5) is 43.7. The first-order chi connectivity index (χ1) is 19.6. The summed E-state index contributed by atoms with van der Waals surface area (Å²) in [7, 11) is 0. The van der Waals surface area contributed by atoms with Gasteiger partial charge >= 0.3 is 6.09 Å². The lowest BCUT2D eigenvalue weighted by atomic mass is 9.79. The van der Waals surface area contributed by atoms with Crippen LogP contribution >= 0.6 is 0 Å². The number of amides is 2. The van der Waals surface area contributed by atoms with Gasteiger partial charge in [-0.05, 0) is 95.7 Å². The van der Waals surface area contributed by atoms with Crippen LogP contribution in [0.2, 0.25) is 0 Å². The number of nitrogens with zero attached hydrogens (tertiary/aromatic N) is 2. The summed E-state index contributed by atoms with van der Waals surface area (Å²) in [6, 6.07) is 7.01. The topological polar surface area (TPSA) is 124 Å². The summed E-state index contributed by atoms with van der Waals surface area (Å²) in [5.74, 6) is -1.10. The average molecular weight is 601 g/mol. The predicted octanol–water partition coefficient (Wildman–Crippen LogP) is 5.22. The number of hydrogen-bond acceptors (Lipinski definition) is 7. The zero-order valence-electron chi connectivity index (χ0n) is 25.2. The number of benzene rings is 1. The van der Waals surface area contributed by atoms with E-state index in [1.54, 1.807) is 45.3 Å². The molecule has 1 aliphatic carbocycles. The molecule has 2 aromatic rings. The highest BCUT2D eigenvalue weighted by atomic mass is 32.2. The molecule has 9 nitrogen and oxygen atoms in total. The molecule has 1 saturated heterocycles. The van der Waals surface area contributed by atoms with Crippen molar-refractivity contribution >= 4 is 34.8 Å². The minimum absolute atomic E-state index is 0.103. The van der Waals surface area contributed by atoms with E-state index in [0.29, 0.717) is 17.9 Å². The number of rotatable bonds is 9. The summed E-state index contributed by atoms with van der Waals surface area (Å²) in [5.41, 5.74) is -0.453. The number of nitrogens with one attached hydrogen (secondary N) is 2. The van der Waals surface area contributed by atoms with E-state index in [9.17, 15) is 18.9 Å². The third-order valence-electron chi connectivity index (χ3n) is 7.41. The number of likely N-dealkylation sites (tertiary alicyclic amines) is 1. The maximum absolute atomic E-state index is 15.3.